The Bertz CT molecular complexity index is 861. The molecule has 1 aliphatic heterocycles. The van der Waals surface area contributed by atoms with Gasteiger partial charge in [0.25, 0.3) is 0 Å². The molecular weight excluding hydrogens is 346 g/mol. The van der Waals surface area contributed by atoms with E-state index >= 15 is 0 Å². The third-order valence-electron chi connectivity index (χ3n) is 4.98. The number of aryl methyl sites for hydroxylation is 1. The molecule has 0 amide bonds. The molecule has 0 spiro atoms. The van der Waals surface area contributed by atoms with Crippen LogP contribution in [0.15, 0.2) is 53.1 Å². The number of likely N-dealkylation sites (tertiary alicyclic amines) is 1. The number of hydrogen-bond acceptors (Lipinski definition) is 4. The molecule has 0 saturated carbocycles. The minimum atomic E-state index is 0.347. The lowest BCUT2D eigenvalue weighted by Gasteiger charge is -2.34. The second-order valence-corrected chi connectivity index (χ2v) is 7.20. The number of pyridine rings is 1. The molecule has 0 radical (unpaired) electrons. The quantitative estimate of drug-likeness (QED) is 0.617. The van der Waals surface area contributed by atoms with Crippen molar-refractivity contribution in [2.45, 2.75) is 38.8 Å². The van der Waals surface area contributed by atoms with E-state index in [-0.39, 0.29) is 0 Å². The Hall–Kier alpha value is -2.17. The van der Waals surface area contributed by atoms with Gasteiger partial charge in [-0.05, 0) is 62.7 Å². The Kier molecular flexibility index (Phi) is 5.05. The van der Waals surface area contributed by atoms with Gasteiger partial charge in [0.2, 0.25) is 5.89 Å². The molecular formula is C21H22ClN3O. The highest BCUT2D eigenvalue weighted by molar-refractivity contribution is 6.30. The van der Waals surface area contributed by atoms with Crippen molar-refractivity contribution < 1.29 is 4.42 Å². The van der Waals surface area contributed by atoms with Crippen LogP contribution in [0.3, 0.4) is 0 Å². The fraction of sp³-hybridized carbons (Fsp3) is 0.333. The summed E-state index contributed by atoms with van der Waals surface area (Å²) >= 11 is 5.98. The number of halogens is 1. The smallest absolute Gasteiger partial charge is 0.226 e. The number of benzene rings is 1. The zero-order valence-corrected chi connectivity index (χ0v) is 15.6. The lowest BCUT2D eigenvalue weighted by molar-refractivity contribution is 0.135. The first kappa shape index (κ1) is 17.3. The van der Waals surface area contributed by atoms with Gasteiger partial charge >= 0.3 is 0 Å². The van der Waals surface area contributed by atoms with E-state index in [4.69, 9.17) is 21.0 Å². The molecule has 5 heteroatoms. The van der Waals surface area contributed by atoms with Gasteiger partial charge in [-0.3, -0.25) is 9.88 Å². The van der Waals surface area contributed by atoms with Crippen LogP contribution in [0, 0.1) is 6.92 Å². The molecule has 134 valence electrons. The van der Waals surface area contributed by atoms with Crippen LogP contribution < -0.4 is 0 Å². The highest BCUT2D eigenvalue weighted by Gasteiger charge is 2.26. The molecule has 0 bridgehead atoms. The average Bonchev–Trinajstić information content (AvgIpc) is 3.04. The fourth-order valence-corrected chi connectivity index (χ4v) is 3.70. The van der Waals surface area contributed by atoms with Crippen molar-refractivity contribution >= 4 is 11.6 Å². The predicted octanol–water partition coefficient (Wildman–Crippen LogP) is 5.43. The number of hydrogen-bond donors (Lipinski definition) is 0. The van der Waals surface area contributed by atoms with Gasteiger partial charge in [0.1, 0.15) is 5.76 Å². The van der Waals surface area contributed by atoms with Crippen LogP contribution in [0.2, 0.25) is 5.02 Å². The van der Waals surface area contributed by atoms with Crippen LogP contribution in [0.4, 0.5) is 0 Å². The third kappa shape index (κ3) is 3.67. The number of oxazole rings is 1. The Labute approximate surface area is 158 Å². The second kappa shape index (κ2) is 7.60. The van der Waals surface area contributed by atoms with E-state index < -0.39 is 0 Å². The lowest BCUT2D eigenvalue weighted by atomic mass is 9.98. The maximum atomic E-state index is 5.98. The van der Waals surface area contributed by atoms with Crippen LogP contribution in [-0.2, 0) is 6.54 Å². The first-order valence-corrected chi connectivity index (χ1v) is 9.46. The summed E-state index contributed by atoms with van der Waals surface area (Å²) in [5.74, 6) is 1.53. The minimum Gasteiger partial charge on any atom is -0.441 e. The van der Waals surface area contributed by atoms with Crippen molar-refractivity contribution in [1.29, 1.82) is 0 Å². The van der Waals surface area contributed by atoms with E-state index in [0.29, 0.717) is 17.0 Å². The normalized spacial score (nSPS) is 18.2. The van der Waals surface area contributed by atoms with Gasteiger partial charge in [0.05, 0.1) is 17.4 Å². The Morgan fingerprint density at radius 3 is 2.77 bits per heavy atom. The third-order valence-corrected chi connectivity index (χ3v) is 5.23. The fourth-order valence-electron chi connectivity index (χ4n) is 3.57. The summed E-state index contributed by atoms with van der Waals surface area (Å²) < 4.78 is 5.93. The zero-order chi connectivity index (χ0) is 17.9. The number of rotatable bonds is 4. The standard InChI is InChI=1S/C21H22ClN3O/c1-15-19(24-21(26-15)16-8-10-17(22)11-9-16)14-25-13-5-3-7-20(25)18-6-2-4-12-23-18/h2,4,6,8-12,20H,3,5,7,13-14H2,1H3. The molecule has 1 aliphatic rings. The average molecular weight is 368 g/mol. The zero-order valence-electron chi connectivity index (χ0n) is 14.9. The van der Waals surface area contributed by atoms with Gasteiger partial charge in [-0.2, -0.15) is 0 Å². The summed E-state index contributed by atoms with van der Waals surface area (Å²) in [4.78, 5) is 11.8. The summed E-state index contributed by atoms with van der Waals surface area (Å²) in [5, 5.41) is 0.712. The van der Waals surface area contributed by atoms with Crippen molar-refractivity contribution in [3.8, 4) is 11.5 Å². The predicted molar refractivity (Wildman–Crippen MR) is 103 cm³/mol. The van der Waals surface area contributed by atoms with E-state index in [1.807, 2.05) is 43.5 Å². The van der Waals surface area contributed by atoms with Gasteiger partial charge in [0, 0.05) is 23.3 Å². The van der Waals surface area contributed by atoms with E-state index in [9.17, 15) is 0 Å². The Morgan fingerprint density at radius 1 is 1.15 bits per heavy atom. The molecule has 1 atom stereocenters. The maximum absolute atomic E-state index is 5.98. The summed E-state index contributed by atoms with van der Waals surface area (Å²) in [6, 6.07) is 14.1. The second-order valence-electron chi connectivity index (χ2n) is 6.77. The SMILES string of the molecule is Cc1oc(-c2ccc(Cl)cc2)nc1CN1CCCCC1c1ccccn1. The van der Waals surface area contributed by atoms with Crippen molar-refractivity contribution in [2.24, 2.45) is 0 Å². The van der Waals surface area contributed by atoms with Crippen LogP contribution in [-0.4, -0.2) is 21.4 Å². The molecule has 4 nitrogen and oxygen atoms in total. The molecule has 1 fully saturated rings. The largest absolute Gasteiger partial charge is 0.441 e. The van der Waals surface area contributed by atoms with Gasteiger partial charge in [-0.25, -0.2) is 4.98 Å². The van der Waals surface area contributed by atoms with E-state index in [1.165, 1.54) is 12.8 Å². The topological polar surface area (TPSA) is 42.2 Å². The molecule has 1 unspecified atom stereocenters. The molecule has 1 aromatic carbocycles. The first-order valence-electron chi connectivity index (χ1n) is 9.08. The summed E-state index contributed by atoms with van der Waals surface area (Å²) in [6.45, 7) is 3.83. The van der Waals surface area contributed by atoms with E-state index in [2.05, 4.69) is 22.0 Å². The molecule has 1 saturated heterocycles. The van der Waals surface area contributed by atoms with E-state index in [0.717, 1.165) is 42.2 Å². The molecule has 3 aromatic rings. The molecule has 3 heterocycles. The summed E-state index contributed by atoms with van der Waals surface area (Å²) in [5.41, 5.74) is 3.09. The Morgan fingerprint density at radius 2 is 2.00 bits per heavy atom. The highest BCUT2D eigenvalue weighted by atomic mass is 35.5. The van der Waals surface area contributed by atoms with Crippen LogP contribution in [0.1, 0.15) is 42.5 Å². The molecule has 0 N–H and O–H groups in total. The van der Waals surface area contributed by atoms with Crippen LogP contribution >= 0.6 is 11.6 Å². The number of aromatic nitrogens is 2. The monoisotopic (exact) mass is 367 g/mol. The van der Waals surface area contributed by atoms with Crippen molar-refractivity contribution in [3.05, 3.63) is 70.8 Å². The summed E-state index contributed by atoms with van der Waals surface area (Å²) in [7, 11) is 0. The van der Waals surface area contributed by atoms with Gasteiger partial charge in [0.15, 0.2) is 0 Å². The van der Waals surface area contributed by atoms with Gasteiger partial charge < -0.3 is 4.42 Å². The van der Waals surface area contributed by atoms with Crippen molar-refractivity contribution in [3.63, 3.8) is 0 Å². The van der Waals surface area contributed by atoms with Gasteiger partial charge in [-0.15, -0.1) is 0 Å². The van der Waals surface area contributed by atoms with Gasteiger partial charge in [-0.1, -0.05) is 24.1 Å². The molecule has 0 aliphatic carbocycles. The van der Waals surface area contributed by atoms with Crippen LogP contribution in [0.25, 0.3) is 11.5 Å². The maximum Gasteiger partial charge on any atom is 0.226 e. The number of piperidine rings is 1. The van der Waals surface area contributed by atoms with E-state index in [1.54, 1.807) is 0 Å². The molecule has 4 rings (SSSR count). The number of nitrogens with zero attached hydrogens (tertiary/aromatic N) is 3. The van der Waals surface area contributed by atoms with Crippen molar-refractivity contribution in [2.75, 3.05) is 6.54 Å². The van der Waals surface area contributed by atoms with Crippen molar-refractivity contribution in [1.82, 2.24) is 14.9 Å². The minimum absolute atomic E-state index is 0.347. The Balaban J connectivity index is 1.57. The molecule has 26 heavy (non-hydrogen) atoms. The first-order chi connectivity index (χ1) is 12.7. The van der Waals surface area contributed by atoms with Crippen LogP contribution in [0.5, 0.6) is 0 Å². The summed E-state index contributed by atoms with van der Waals surface area (Å²) in [6.07, 6.45) is 5.47. The molecule has 2 aromatic heterocycles. The highest BCUT2D eigenvalue weighted by Crippen LogP contribution is 2.32. The lowest BCUT2D eigenvalue weighted by Crippen LogP contribution is -2.33.